The minimum absolute atomic E-state index is 0. The van der Waals surface area contributed by atoms with Gasteiger partial charge in [-0.15, -0.1) is 0 Å². The molecule has 0 aromatic carbocycles. The first kappa shape index (κ1) is 22.6. The zero-order chi connectivity index (χ0) is 4.50. The normalized spacial score (nSPS) is 7.25. The van der Waals surface area contributed by atoms with Gasteiger partial charge in [-0.3, -0.25) is 8.42 Å². The van der Waals surface area contributed by atoms with Crippen LogP contribution in [-0.2, 0) is 68.3 Å². The average molecular weight is 304 g/mol. The van der Waals surface area contributed by atoms with Crippen molar-refractivity contribution in [2.75, 3.05) is 0 Å². The molecule has 0 saturated carbocycles. The summed E-state index contributed by atoms with van der Waals surface area (Å²) in [6, 6.07) is 0. The van der Waals surface area contributed by atoms with Crippen LogP contribution in [0.5, 0.6) is 0 Å². The first-order chi connectivity index (χ1) is 2.00. The largest absolute Gasteiger partial charge is 2.00 e. The van der Waals surface area contributed by atoms with Crippen molar-refractivity contribution in [3.63, 3.8) is 0 Å². The van der Waals surface area contributed by atoms with Crippen molar-refractivity contribution in [3.8, 4) is 0 Å². The van der Waals surface area contributed by atoms with Crippen molar-refractivity contribution >= 4 is 23.9 Å². The second-order valence-corrected chi connectivity index (χ2v) is 1.22. The van der Waals surface area contributed by atoms with E-state index in [2.05, 4.69) is 0 Å². The summed E-state index contributed by atoms with van der Waals surface area (Å²) >= 11 is 0. The Kier molecular flexibility index (Phi) is 24.5. The molecule has 0 unspecified atom stereocenters. The van der Waals surface area contributed by atoms with Gasteiger partial charge in [-0.25, -0.2) is 0 Å². The van der Waals surface area contributed by atoms with Crippen molar-refractivity contribution < 1.29 is 61.9 Å². The van der Waals surface area contributed by atoms with Gasteiger partial charge in [0.05, 0.1) is 0 Å². The molecule has 8 heavy (non-hydrogen) atoms. The van der Waals surface area contributed by atoms with Crippen molar-refractivity contribution in [2.24, 2.45) is 0 Å². The van der Waals surface area contributed by atoms with E-state index in [1.54, 1.807) is 0 Å². The van der Waals surface area contributed by atoms with E-state index in [0.717, 1.165) is 0 Å². The molecule has 0 aromatic rings. The van der Waals surface area contributed by atoms with E-state index in [1.165, 1.54) is 0 Å². The average Bonchev–Trinajstić information content (AvgIpc) is 0.722. The van der Waals surface area contributed by atoms with Gasteiger partial charge in [0.1, 0.15) is 0 Å². The van der Waals surface area contributed by atoms with Crippen LogP contribution in [0.15, 0.2) is 0 Å². The third-order valence-electron chi connectivity index (χ3n) is 0. The Morgan fingerprint density at radius 1 is 1.12 bits per heavy atom. The van der Waals surface area contributed by atoms with Gasteiger partial charge in [0.15, 0.2) is 0 Å². The molecule has 0 amide bonds. The van der Waals surface area contributed by atoms with Crippen LogP contribution < -0.4 is 0 Å². The molecule has 0 bridgehead atoms. The van der Waals surface area contributed by atoms with Crippen molar-refractivity contribution in [2.45, 2.75) is 0 Å². The zero-order valence-corrected chi connectivity index (χ0v) is 10.1. The molecule has 0 aliphatic rings. The van der Waals surface area contributed by atoms with E-state index in [0.29, 0.717) is 0 Å². The number of rotatable bonds is 0. The Morgan fingerprint density at radius 3 is 1.12 bits per heavy atom. The van der Waals surface area contributed by atoms with E-state index in [4.69, 9.17) is 17.5 Å². The Bertz CT molecular complexity index is 97.2. The van der Waals surface area contributed by atoms with E-state index in [1.807, 2.05) is 0 Å². The summed E-state index contributed by atoms with van der Waals surface area (Å²) in [6.07, 6.45) is 0. The van der Waals surface area contributed by atoms with Gasteiger partial charge in [-0.1, -0.05) is 0 Å². The molecular formula is CdCuO4S2. The van der Waals surface area contributed by atoms with Crippen LogP contribution in [0.4, 0.5) is 0 Å². The first-order valence-corrected chi connectivity index (χ1v) is 2.00. The van der Waals surface area contributed by atoms with Crippen LogP contribution in [-0.4, -0.2) is 17.5 Å². The summed E-state index contributed by atoms with van der Waals surface area (Å²) in [5.74, 6) is 0. The molecule has 0 spiro atoms. The Hall–Kier alpha value is 1.66. The van der Waals surface area contributed by atoms with Gasteiger partial charge < -0.3 is 22.6 Å². The monoisotopic (exact) mass is 305 g/mol. The van der Waals surface area contributed by atoms with Crippen LogP contribution in [0.2, 0.25) is 0 Å². The molecule has 0 saturated heterocycles. The third-order valence-corrected chi connectivity index (χ3v) is 0. The fourth-order valence-corrected chi connectivity index (χ4v) is 0. The maximum absolute atomic E-state index is 8.52. The molecule has 49 valence electrons. The third kappa shape index (κ3) is 123. The summed E-state index contributed by atoms with van der Waals surface area (Å²) < 4.78 is 34.1. The van der Waals surface area contributed by atoms with E-state index in [9.17, 15) is 0 Å². The van der Waals surface area contributed by atoms with Crippen molar-refractivity contribution in [1.29, 1.82) is 0 Å². The van der Waals surface area contributed by atoms with Crippen LogP contribution in [0.25, 0.3) is 0 Å². The summed E-state index contributed by atoms with van der Waals surface area (Å²) in [7, 11) is -5.17. The Morgan fingerprint density at radius 2 is 1.12 bits per heavy atom. The number of hydrogen-bond donors (Lipinski definition) is 0. The Labute approximate surface area is 85.1 Å². The molecule has 0 heterocycles. The molecule has 0 aliphatic carbocycles. The second kappa shape index (κ2) is 8.66. The molecule has 0 aliphatic heterocycles. The fourth-order valence-electron chi connectivity index (χ4n) is 0. The van der Waals surface area contributed by atoms with Crippen molar-refractivity contribution in [3.05, 3.63) is 0 Å². The van der Waals surface area contributed by atoms with Gasteiger partial charge >= 0.3 is 44.4 Å². The Balaban J connectivity index is -0.0000000267. The minimum atomic E-state index is -5.17. The first-order valence-electron chi connectivity index (χ1n) is 0.667. The summed E-state index contributed by atoms with van der Waals surface area (Å²) in [6.45, 7) is 0. The molecule has 8 heteroatoms. The SMILES string of the molecule is O=S(=O)([O-])[O-].[Cd+2].[Cu+2].[S-2]. The van der Waals surface area contributed by atoms with Crippen molar-refractivity contribution in [1.82, 2.24) is 0 Å². The van der Waals surface area contributed by atoms with Gasteiger partial charge in [0.2, 0.25) is 0 Å². The topological polar surface area (TPSA) is 80.3 Å². The van der Waals surface area contributed by atoms with Gasteiger partial charge in [-0.05, 0) is 0 Å². The van der Waals surface area contributed by atoms with E-state index < -0.39 is 10.4 Å². The van der Waals surface area contributed by atoms with Gasteiger partial charge in [0.25, 0.3) is 0 Å². The van der Waals surface area contributed by atoms with Crippen LogP contribution in [0, 0.1) is 0 Å². The van der Waals surface area contributed by atoms with Crippen LogP contribution in [0.1, 0.15) is 0 Å². The zero-order valence-electron chi connectivity index (χ0n) is 3.46. The molecular weight excluding hydrogens is 304 g/mol. The summed E-state index contributed by atoms with van der Waals surface area (Å²) in [5, 5.41) is 0. The molecule has 0 N–H and O–H groups in total. The summed E-state index contributed by atoms with van der Waals surface area (Å²) in [4.78, 5) is 0. The predicted molar refractivity (Wildman–Crippen MR) is 17.8 cm³/mol. The molecule has 4 nitrogen and oxygen atoms in total. The number of hydrogen-bond acceptors (Lipinski definition) is 4. The van der Waals surface area contributed by atoms with Gasteiger partial charge in [-0.2, -0.15) is 0 Å². The molecule has 1 radical (unpaired) electrons. The fraction of sp³-hybridized carbons (Fsp3) is 0. The quantitative estimate of drug-likeness (QED) is 0.315. The van der Waals surface area contributed by atoms with Gasteiger partial charge in [0, 0.05) is 10.4 Å². The molecule has 0 fully saturated rings. The molecule has 0 rings (SSSR count). The molecule has 0 atom stereocenters. The standard InChI is InChI=1S/Cd.Cu.H2O4S.S/c;;1-5(2,3)4;/h;;(H2,1,2,3,4);/q2*+2;;-2/p-2. The van der Waals surface area contributed by atoms with Crippen LogP contribution >= 0.6 is 0 Å². The summed E-state index contributed by atoms with van der Waals surface area (Å²) in [5.41, 5.74) is 0. The second-order valence-electron chi connectivity index (χ2n) is 0.408. The predicted octanol–water partition coefficient (Wildman–Crippen LogP) is -1.35. The maximum Gasteiger partial charge on any atom is 2.00 e. The molecule has 0 aromatic heterocycles. The van der Waals surface area contributed by atoms with Crippen LogP contribution in [0.3, 0.4) is 0 Å². The van der Waals surface area contributed by atoms with E-state index >= 15 is 0 Å². The van der Waals surface area contributed by atoms with E-state index in [-0.39, 0.29) is 57.9 Å². The minimum Gasteiger partial charge on any atom is -2.00 e. The smallest absolute Gasteiger partial charge is 2.00 e. The maximum atomic E-state index is 8.52.